The molecule has 2 rings (SSSR count). The van der Waals surface area contributed by atoms with E-state index in [0.717, 1.165) is 50.2 Å². The Morgan fingerprint density at radius 1 is 1.25 bits per heavy atom. The number of hydrogen-bond donors (Lipinski definition) is 1. The molecule has 1 aromatic carbocycles. The molecule has 1 saturated heterocycles. The molecule has 1 aromatic rings. The summed E-state index contributed by atoms with van der Waals surface area (Å²) < 4.78 is 5.13. The number of carbonyl (C=O) groups excluding carboxylic acids is 2. The molecule has 0 saturated carbocycles. The molecule has 5 nitrogen and oxygen atoms in total. The number of ketones is 1. The summed E-state index contributed by atoms with van der Waals surface area (Å²) in [4.78, 5) is 26.8. The molecule has 5 heteroatoms. The van der Waals surface area contributed by atoms with Gasteiger partial charge in [0.2, 0.25) is 5.91 Å². The second kappa shape index (κ2) is 8.83. The zero-order chi connectivity index (χ0) is 17.5. The lowest BCUT2D eigenvalue weighted by Crippen LogP contribution is -2.49. The van der Waals surface area contributed by atoms with Crippen molar-refractivity contribution in [2.24, 2.45) is 5.92 Å². The van der Waals surface area contributed by atoms with Gasteiger partial charge in [0.1, 0.15) is 5.75 Å². The van der Waals surface area contributed by atoms with Crippen LogP contribution in [0.1, 0.15) is 43.5 Å². The van der Waals surface area contributed by atoms with Crippen molar-refractivity contribution in [2.45, 2.75) is 39.2 Å². The van der Waals surface area contributed by atoms with Gasteiger partial charge in [-0.1, -0.05) is 6.92 Å². The van der Waals surface area contributed by atoms with Crippen LogP contribution in [0.5, 0.6) is 5.75 Å². The molecule has 1 atom stereocenters. The molecule has 1 N–H and O–H groups in total. The third-order valence-corrected chi connectivity index (χ3v) is 4.75. The van der Waals surface area contributed by atoms with E-state index < -0.39 is 0 Å². The van der Waals surface area contributed by atoms with Crippen molar-refractivity contribution in [3.05, 3.63) is 29.8 Å². The normalized spacial score (nSPS) is 17.3. The molecule has 1 heterocycles. The Balaban J connectivity index is 1.87. The molecular formula is C19H28N2O3. The fraction of sp³-hybridized carbons (Fsp3) is 0.579. The zero-order valence-electron chi connectivity index (χ0n) is 14.9. The summed E-state index contributed by atoms with van der Waals surface area (Å²) in [6.07, 6.45) is 2.55. The summed E-state index contributed by atoms with van der Waals surface area (Å²) in [5.74, 6) is 1.08. The van der Waals surface area contributed by atoms with E-state index in [-0.39, 0.29) is 23.7 Å². The van der Waals surface area contributed by atoms with Gasteiger partial charge in [0, 0.05) is 18.0 Å². The molecule has 0 unspecified atom stereocenters. The van der Waals surface area contributed by atoms with Gasteiger partial charge in [-0.05, 0) is 63.5 Å². The average molecular weight is 332 g/mol. The van der Waals surface area contributed by atoms with Crippen molar-refractivity contribution in [2.75, 3.05) is 26.7 Å². The number of piperidine rings is 1. The molecule has 0 bridgehead atoms. The van der Waals surface area contributed by atoms with E-state index in [2.05, 4.69) is 10.2 Å². The Bertz CT molecular complexity index is 548. The van der Waals surface area contributed by atoms with Gasteiger partial charge in [0.15, 0.2) is 5.78 Å². The Labute approximate surface area is 144 Å². The molecule has 0 spiro atoms. The summed E-state index contributed by atoms with van der Waals surface area (Å²) in [5.41, 5.74) is 0.739. The molecular weight excluding hydrogens is 304 g/mol. The summed E-state index contributed by atoms with van der Waals surface area (Å²) in [5, 5.41) is 2.94. The first-order valence-corrected chi connectivity index (χ1v) is 8.76. The molecule has 1 amide bonds. The average Bonchev–Trinajstić information content (AvgIpc) is 2.65. The molecule has 0 radical (unpaired) electrons. The topological polar surface area (TPSA) is 58.6 Å². The number of Topliss-reactive ketones (excluding diaryl/α,β-unsaturated/α-hetero) is 1. The fourth-order valence-corrected chi connectivity index (χ4v) is 3.10. The van der Waals surface area contributed by atoms with Crippen molar-refractivity contribution in [3.63, 3.8) is 0 Å². The van der Waals surface area contributed by atoms with Gasteiger partial charge < -0.3 is 10.1 Å². The van der Waals surface area contributed by atoms with E-state index in [1.54, 1.807) is 7.11 Å². The molecule has 0 aliphatic carbocycles. The van der Waals surface area contributed by atoms with Crippen LogP contribution in [0.15, 0.2) is 24.3 Å². The SMILES string of the molecule is CCCNC(=O)[C@H](C)N1CCC(C(=O)c2ccc(OC)cc2)CC1. The Hall–Kier alpha value is -1.88. The number of ether oxygens (including phenoxy) is 1. The fourth-order valence-electron chi connectivity index (χ4n) is 3.10. The maximum Gasteiger partial charge on any atom is 0.237 e. The first-order chi connectivity index (χ1) is 11.6. The highest BCUT2D eigenvalue weighted by atomic mass is 16.5. The Morgan fingerprint density at radius 3 is 2.42 bits per heavy atom. The van der Waals surface area contributed by atoms with E-state index in [1.807, 2.05) is 38.1 Å². The van der Waals surface area contributed by atoms with Crippen molar-refractivity contribution >= 4 is 11.7 Å². The number of hydrogen-bond acceptors (Lipinski definition) is 4. The van der Waals surface area contributed by atoms with E-state index in [4.69, 9.17) is 4.74 Å². The van der Waals surface area contributed by atoms with Crippen LogP contribution < -0.4 is 10.1 Å². The first kappa shape index (κ1) is 18.5. The second-order valence-corrected chi connectivity index (χ2v) is 6.37. The number of nitrogens with zero attached hydrogens (tertiary/aromatic N) is 1. The molecule has 1 aliphatic heterocycles. The van der Waals surface area contributed by atoms with E-state index in [0.29, 0.717) is 0 Å². The lowest BCUT2D eigenvalue weighted by atomic mass is 9.88. The molecule has 0 aromatic heterocycles. The number of likely N-dealkylation sites (tertiary alicyclic amines) is 1. The van der Waals surface area contributed by atoms with Gasteiger partial charge in [-0.3, -0.25) is 14.5 Å². The van der Waals surface area contributed by atoms with Gasteiger partial charge in [-0.25, -0.2) is 0 Å². The second-order valence-electron chi connectivity index (χ2n) is 6.37. The minimum Gasteiger partial charge on any atom is -0.497 e. The van der Waals surface area contributed by atoms with Gasteiger partial charge in [0.05, 0.1) is 13.2 Å². The van der Waals surface area contributed by atoms with Crippen LogP contribution >= 0.6 is 0 Å². The quantitative estimate of drug-likeness (QED) is 0.780. The van der Waals surface area contributed by atoms with Crippen LogP contribution in [0.2, 0.25) is 0 Å². The monoisotopic (exact) mass is 332 g/mol. The predicted molar refractivity (Wildman–Crippen MR) is 94.4 cm³/mol. The highest BCUT2D eigenvalue weighted by Crippen LogP contribution is 2.24. The van der Waals surface area contributed by atoms with Gasteiger partial charge in [-0.2, -0.15) is 0 Å². The maximum absolute atomic E-state index is 12.6. The van der Waals surface area contributed by atoms with Crippen LogP contribution in [-0.2, 0) is 4.79 Å². The van der Waals surface area contributed by atoms with Crippen molar-refractivity contribution < 1.29 is 14.3 Å². The highest BCUT2D eigenvalue weighted by molar-refractivity contribution is 5.98. The van der Waals surface area contributed by atoms with Crippen LogP contribution in [0.3, 0.4) is 0 Å². The summed E-state index contributed by atoms with van der Waals surface area (Å²) in [7, 11) is 1.62. The van der Waals surface area contributed by atoms with Crippen molar-refractivity contribution in [3.8, 4) is 5.75 Å². The maximum atomic E-state index is 12.6. The van der Waals surface area contributed by atoms with Crippen molar-refractivity contribution in [1.29, 1.82) is 0 Å². The molecule has 132 valence electrons. The Morgan fingerprint density at radius 2 is 1.88 bits per heavy atom. The van der Waals surface area contributed by atoms with E-state index >= 15 is 0 Å². The lowest BCUT2D eigenvalue weighted by Gasteiger charge is -2.34. The third kappa shape index (κ3) is 4.57. The van der Waals surface area contributed by atoms with Crippen LogP contribution in [-0.4, -0.2) is 49.4 Å². The van der Waals surface area contributed by atoms with Crippen LogP contribution in [0, 0.1) is 5.92 Å². The summed E-state index contributed by atoms with van der Waals surface area (Å²) in [6.45, 7) is 6.27. The molecule has 1 fully saturated rings. The largest absolute Gasteiger partial charge is 0.497 e. The number of amides is 1. The van der Waals surface area contributed by atoms with E-state index in [1.165, 1.54) is 0 Å². The third-order valence-electron chi connectivity index (χ3n) is 4.75. The highest BCUT2D eigenvalue weighted by Gasteiger charge is 2.29. The van der Waals surface area contributed by atoms with Gasteiger partial charge in [-0.15, -0.1) is 0 Å². The predicted octanol–water partition coefficient (Wildman–Crippen LogP) is 2.50. The lowest BCUT2D eigenvalue weighted by molar-refractivity contribution is -0.126. The minimum absolute atomic E-state index is 0.0422. The van der Waals surface area contributed by atoms with Gasteiger partial charge in [0.25, 0.3) is 0 Å². The number of rotatable bonds is 7. The summed E-state index contributed by atoms with van der Waals surface area (Å²) in [6, 6.07) is 7.17. The van der Waals surface area contributed by atoms with Gasteiger partial charge >= 0.3 is 0 Å². The van der Waals surface area contributed by atoms with E-state index in [9.17, 15) is 9.59 Å². The number of methoxy groups -OCH3 is 1. The number of nitrogens with one attached hydrogen (secondary N) is 1. The first-order valence-electron chi connectivity index (χ1n) is 8.76. The van der Waals surface area contributed by atoms with Crippen LogP contribution in [0.4, 0.5) is 0 Å². The zero-order valence-corrected chi connectivity index (χ0v) is 14.9. The Kier molecular flexibility index (Phi) is 6.79. The number of benzene rings is 1. The van der Waals surface area contributed by atoms with Crippen LogP contribution in [0.25, 0.3) is 0 Å². The number of carbonyl (C=O) groups is 2. The smallest absolute Gasteiger partial charge is 0.237 e. The minimum atomic E-state index is -0.131. The summed E-state index contributed by atoms with van der Waals surface area (Å²) >= 11 is 0. The standard InChI is InChI=1S/C19H28N2O3/c1-4-11-20-19(23)14(2)21-12-9-16(10-13-21)18(22)15-5-7-17(24-3)8-6-15/h5-8,14,16H,4,9-13H2,1-3H3,(H,20,23)/t14-/m0/s1. The van der Waals surface area contributed by atoms with Crippen molar-refractivity contribution in [1.82, 2.24) is 10.2 Å². The molecule has 1 aliphatic rings. The molecule has 24 heavy (non-hydrogen) atoms.